The molecule has 2 aromatic carbocycles. The number of primary amides is 1. The first-order chi connectivity index (χ1) is 11.4. The SMILES string of the molecule is C[C@H](N[C@@H](C)c1ccccc1Cl)C(=O)Nc1ccc(C(N)=O)cc1. The minimum absolute atomic E-state index is 0.0725. The van der Waals surface area contributed by atoms with Gasteiger partial charge in [-0.05, 0) is 49.7 Å². The molecule has 6 heteroatoms. The van der Waals surface area contributed by atoms with E-state index in [1.54, 1.807) is 31.2 Å². The number of nitrogens with one attached hydrogen (secondary N) is 2. The maximum absolute atomic E-state index is 12.3. The lowest BCUT2D eigenvalue weighted by molar-refractivity contribution is -0.117. The first-order valence-corrected chi connectivity index (χ1v) is 7.97. The molecule has 2 aromatic rings. The maximum Gasteiger partial charge on any atom is 0.248 e. The summed E-state index contributed by atoms with van der Waals surface area (Å²) in [5, 5.41) is 6.67. The Hall–Kier alpha value is -2.37. The lowest BCUT2D eigenvalue weighted by atomic mass is 10.1. The van der Waals surface area contributed by atoms with Crippen LogP contribution in [0.5, 0.6) is 0 Å². The number of amides is 2. The summed E-state index contributed by atoms with van der Waals surface area (Å²) >= 11 is 6.17. The van der Waals surface area contributed by atoms with Crippen molar-refractivity contribution in [3.8, 4) is 0 Å². The zero-order valence-corrected chi connectivity index (χ0v) is 14.3. The van der Waals surface area contributed by atoms with E-state index >= 15 is 0 Å². The maximum atomic E-state index is 12.3. The summed E-state index contributed by atoms with van der Waals surface area (Å²) in [4.78, 5) is 23.3. The van der Waals surface area contributed by atoms with Crippen LogP contribution >= 0.6 is 11.6 Å². The number of anilines is 1. The van der Waals surface area contributed by atoms with Gasteiger partial charge in [-0.25, -0.2) is 0 Å². The summed E-state index contributed by atoms with van der Waals surface area (Å²) in [6, 6.07) is 13.4. The topological polar surface area (TPSA) is 84.2 Å². The van der Waals surface area contributed by atoms with Crippen molar-refractivity contribution in [2.24, 2.45) is 5.73 Å². The smallest absolute Gasteiger partial charge is 0.248 e. The molecule has 0 saturated heterocycles. The molecule has 0 bridgehead atoms. The second kappa shape index (κ2) is 7.95. The molecule has 5 nitrogen and oxygen atoms in total. The number of carbonyl (C=O) groups excluding carboxylic acids is 2. The molecule has 24 heavy (non-hydrogen) atoms. The highest BCUT2D eigenvalue weighted by Gasteiger charge is 2.17. The van der Waals surface area contributed by atoms with Crippen LogP contribution in [0.2, 0.25) is 5.02 Å². The van der Waals surface area contributed by atoms with Crippen molar-refractivity contribution in [3.05, 3.63) is 64.7 Å². The summed E-state index contributed by atoms with van der Waals surface area (Å²) in [7, 11) is 0. The molecule has 2 amide bonds. The van der Waals surface area contributed by atoms with E-state index < -0.39 is 11.9 Å². The molecule has 2 atom stereocenters. The molecule has 0 unspecified atom stereocenters. The Morgan fingerprint density at radius 1 is 1.04 bits per heavy atom. The first-order valence-electron chi connectivity index (χ1n) is 7.59. The van der Waals surface area contributed by atoms with Crippen molar-refractivity contribution in [1.29, 1.82) is 0 Å². The number of rotatable bonds is 6. The second-order valence-electron chi connectivity index (χ2n) is 5.56. The average molecular weight is 346 g/mol. The third-order valence-electron chi connectivity index (χ3n) is 3.70. The van der Waals surface area contributed by atoms with E-state index in [1.165, 1.54) is 0 Å². The molecule has 0 aliphatic heterocycles. The monoisotopic (exact) mass is 345 g/mol. The Morgan fingerprint density at radius 3 is 2.25 bits per heavy atom. The number of hydrogen-bond acceptors (Lipinski definition) is 3. The molecule has 2 rings (SSSR count). The Morgan fingerprint density at radius 2 is 1.67 bits per heavy atom. The molecule has 0 heterocycles. The molecule has 0 aromatic heterocycles. The first kappa shape index (κ1) is 18.0. The molecule has 126 valence electrons. The number of halogens is 1. The number of benzene rings is 2. The van der Waals surface area contributed by atoms with E-state index in [-0.39, 0.29) is 11.9 Å². The normalized spacial score (nSPS) is 13.1. The fourth-order valence-electron chi connectivity index (χ4n) is 2.34. The number of hydrogen-bond donors (Lipinski definition) is 3. The van der Waals surface area contributed by atoms with Gasteiger partial charge in [0.1, 0.15) is 0 Å². The van der Waals surface area contributed by atoms with Crippen LogP contribution in [0, 0.1) is 0 Å². The van der Waals surface area contributed by atoms with Crippen LogP contribution in [0.1, 0.15) is 35.8 Å². The summed E-state index contributed by atoms with van der Waals surface area (Å²) in [5.74, 6) is -0.683. The van der Waals surface area contributed by atoms with Crippen LogP contribution in [-0.4, -0.2) is 17.9 Å². The standard InChI is InChI=1S/C18H20ClN3O2/c1-11(15-5-3-4-6-16(15)19)21-12(2)18(24)22-14-9-7-13(8-10-14)17(20)23/h3-12,21H,1-2H3,(H2,20,23)(H,22,24)/t11-,12-/m0/s1. The number of nitrogens with two attached hydrogens (primary N) is 1. The second-order valence-corrected chi connectivity index (χ2v) is 5.97. The molecule has 4 N–H and O–H groups in total. The van der Waals surface area contributed by atoms with Crippen LogP contribution in [0.3, 0.4) is 0 Å². The van der Waals surface area contributed by atoms with Crippen molar-refractivity contribution >= 4 is 29.1 Å². The fourth-order valence-corrected chi connectivity index (χ4v) is 2.63. The highest BCUT2D eigenvalue weighted by Crippen LogP contribution is 2.22. The predicted octanol–water partition coefficient (Wildman–Crippen LogP) is 3.12. The quantitative estimate of drug-likeness (QED) is 0.752. The van der Waals surface area contributed by atoms with Crippen LogP contribution in [0.15, 0.2) is 48.5 Å². The van der Waals surface area contributed by atoms with E-state index in [1.807, 2.05) is 31.2 Å². The fraction of sp³-hybridized carbons (Fsp3) is 0.222. The summed E-state index contributed by atoms with van der Waals surface area (Å²) in [5.41, 5.74) is 7.12. The highest BCUT2D eigenvalue weighted by molar-refractivity contribution is 6.31. The molecular formula is C18H20ClN3O2. The Labute approximate surface area is 146 Å². The van der Waals surface area contributed by atoms with Gasteiger partial charge in [-0.2, -0.15) is 0 Å². The number of carbonyl (C=O) groups is 2. The van der Waals surface area contributed by atoms with Crippen molar-refractivity contribution in [2.45, 2.75) is 25.9 Å². The summed E-state index contributed by atoms with van der Waals surface area (Å²) in [6.07, 6.45) is 0. The average Bonchev–Trinajstić information content (AvgIpc) is 2.55. The van der Waals surface area contributed by atoms with Crippen LogP contribution in [-0.2, 0) is 4.79 Å². The molecule has 0 fully saturated rings. The largest absolute Gasteiger partial charge is 0.366 e. The van der Waals surface area contributed by atoms with Gasteiger partial charge in [-0.3, -0.25) is 14.9 Å². The zero-order chi connectivity index (χ0) is 17.7. The van der Waals surface area contributed by atoms with E-state index in [0.717, 1.165) is 5.56 Å². The Balaban J connectivity index is 1.97. The summed E-state index contributed by atoms with van der Waals surface area (Å²) in [6.45, 7) is 3.73. The van der Waals surface area contributed by atoms with Gasteiger partial charge in [0.25, 0.3) is 0 Å². The molecule has 0 saturated carbocycles. The van der Waals surface area contributed by atoms with E-state index in [4.69, 9.17) is 17.3 Å². The van der Waals surface area contributed by atoms with Gasteiger partial charge in [0.15, 0.2) is 0 Å². The Bertz CT molecular complexity index is 731. The van der Waals surface area contributed by atoms with Gasteiger partial charge in [0.2, 0.25) is 11.8 Å². The van der Waals surface area contributed by atoms with Crippen molar-refractivity contribution < 1.29 is 9.59 Å². The van der Waals surface area contributed by atoms with Gasteiger partial charge in [-0.15, -0.1) is 0 Å². The van der Waals surface area contributed by atoms with Crippen LogP contribution in [0.4, 0.5) is 5.69 Å². The van der Waals surface area contributed by atoms with Crippen molar-refractivity contribution in [3.63, 3.8) is 0 Å². The predicted molar refractivity (Wildman–Crippen MR) is 96.1 cm³/mol. The molecule has 0 spiro atoms. The lowest BCUT2D eigenvalue weighted by Gasteiger charge is -2.21. The lowest BCUT2D eigenvalue weighted by Crippen LogP contribution is -2.39. The third-order valence-corrected chi connectivity index (χ3v) is 4.05. The van der Waals surface area contributed by atoms with Crippen molar-refractivity contribution in [1.82, 2.24) is 5.32 Å². The minimum Gasteiger partial charge on any atom is -0.366 e. The van der Waals surface area contributed by atoms with Crippen LogP contribution < -0.4 is 16.4 Å². The van der Waals surface area contributed by atoms with E-state index in [2.05, 4.69) is 10.6 Å². The minimum atomic E-state index is -0.503. The van der Waals surface area contributed by atoms with Gasteiger partial charge in [-0.1, -0.05) is 29.8 Å². The van der Waals surface area contributed by atoms with Gasteiger partial charge in [0, 0.05) is 22.3 Å². The third kappa shape index (κ3) is 4.57. The van der Waals surface area contributed by atoms with E-state index in [9.17, 15) is 9.59 Å². The van der Waals surface area contributed by atoms with Gasteiger partial charge >= 0.3 is 0 Å². The van der Waals surface area contributed by atoms with E-state index in [0.29, 0.717) is 16.3 Å². The molecule has 0 aliphatic carbocycles. The Kier molecular flexibility index (Phi) is 5.95. The zero-order valence-electron chi connectivity index (χ0n) is 13.5. The van der Waals surface area contributed by atoms with Crippen molar-refractivity contribution in [2.75, 3.05) is 5.32 Å². The van der Waals surface area contributed by atoms with Crippen LogP contribution in [0.25, 0.3) is 0 Å². The molecular weight excluding hydrogens is 326 g/mol. The molecule has 0 radical (unpaired) electrons. The molecule has 0 aliphatic rings. The summed E-state index contributed by atoms with van der Waals surface area (Å²) < 4.78 is 0. The highest BCUT2D eigenvalue weighted by atomic mass is 35.5. The van der Waals surface area contributed by atoms with Gasteiger partial charge in [0.05, 0.1) is 6.04 Å². The van der Waals surface area contributed by atoms with Gasteiger partial charge < -0.3 is 11.1 Å².